The van der Waals surface area contributed by atoms with E-state index >= 15 is 0 Å². The Labute approximate surface area is 140 Å². The lowest BCUT2D eigenvalue weighted by Crippen LogP contribution is -2.42. The number of Topliss-reactive ketones (excluding diaryl/α,β-unsaturated/α-hetero) is 1. The number of ketones is 1. The molecule has 3 heterocycles. The molecule has 0 bridgehead atoms. The van der Waals surface area contributed by atoms with Crippen LogP contribution in [0.5, 0.6) is 0 Å². The number of pyridine rings is 1. The van der Waals surface area contributed by atoms with Crippen LogP contribution in [0.25, 0.3) is 0 Å². The summed E-state index contributed by atoms with van der Waals surface area (Å²) in [6.07, 6.45) is 5.15. The molecule has 3 rings (SSSR count). The second kappa shape index (κ2) is 7.35. The van der Waals surface area contributed by atoms with Crippen LogP contribution in [0.4, 0.5) is 5.82 Å². The normalized spacial score (nSPS) is 18.3. The SMILES string of the molecule is Cn1ccc(NC(=O)CN2CCC[C@H](C(=O)c3ccccn3)C2)n1. The number of likely N-dealkylation sites (tertiary alicyclic amines) is 1. The van der Waals surface area contributed by atoms with Gasteiger partial charge in [0.25, 0.3) is 0 Å². The maximum atomic E-state index is 12.5. The highest BCUT2D eigenvalue weighted by Crippen LogP contribution is 2.20. The van der Waals surface area contributed by atoms with Crippen LogP contribution in [-0.4, -0.2) is 51.0 Å². The van der Waals surface area contributed by atoms with Crippen LogP contribution in [0.1, 0.15) is 23.3 Å². The van der Waals surface area contributed by atoms with E-state index in [0.717, 1.165) is 19.4 Å². The summed E-state index contributed by atoms with van der Waals surface area (Å²) in [6, 6.07) is 7.11. The molecule has 1 amide bonds. The second-order valence-corrected chi connectivity index (χ2v) is 6.08. The fourth-order valence-corrected chi connectivity index (χ4v) is 3.00. The molecule has 0 radical (unpaired) electrons. The number of nitrogens with one attached hydrogen (secondary N) is 1. The molecule has 1 N–H and O–H groups in total. The molecule has 7 nitrogen and oxygen atoms in total. The van der Waals surface area contributed by atoms with E-state index in [1.54, 1.807) is 42.3 Å². The molecule has 24 heavy (non-hydrogen) atoms. The molecular weight excluding hydrogens is 306 g/mol. The number of carbonyl (C=O) groups excluding carboxylic acids is 2. The lowest BCUT2D eigenvalue weighted by molar-refractivity contribution is -0.117. The number of anilines is 1. The molecule has 1 atom stereocenters. The molecule has 2 aromatic heterocycles. The van der Waals surface area contributed by atoms with Crippen LogP contribution in [-0.2, 0) is 11.8 Å². The van der Waals surface area contributed by atoms with E-state index in [-0.39, 0.29) is 24.2 Å². The van der Waals surface area contributed by atoms with Crippen molar-refractivity contribution in [3.05, 3.63) is 42.4 Å². The van der Waals surface area contributed by atoms with Crippen molar-refractivity contribution in [2.75, 3.05) is 25.0 Å². The van der Waals surface area contributed by atoms with Gasteiger partial charge < -0.3 is 5.32 Å². The molecule has 126 valence electrons. The highest BCUT2D eigenvalue weighted by molar-refractivity contribution is 5.96. The van der Waals surface area contributed by atoms with Crippen molar-refractivity contribution in [2.24, 2.45) is 13.0 Å². The van der Waals surface area contributed by atoms with Gasteiger partial charge >= 0.3 is 0 Å². The number of aryl methyl sites for hydroxylation is 1. The number of rotatable bonds is 5. The van der Waals surface area contributed by atoms with Crippen molar-refractivity contribution in [1.29, 1.82) is 0 Å². The predicted octanol–water partition coefficient (Wildman–Crippen LogP) is 1.35. The minimum absolute atomic E-state index is 0.0606. The first-order valence-electron chi connectivity index (χ1n) is 8.09. The molecule has 0 saturated carbocycles. The van der Waals surface area contributed by atoms with Gasteiger partial charge in [-0.2, -0.15) is 5.10 Å². The van der Waals surface area contributed by atoms with Crippen molar-refractivity contribution in [3.63, 3.8) is 0 Å². The van der Waals surface area contributed by atoms with Gasteiger partial charge in [0, 0.05) is 38.0 Å². The average molecular weight is 327 g/mol. The highest BCUT2D eigenvalue weighted by atomic mass is 16.2. The molecule has 7 heteroatoms. The summed E-state index contributed by atoms with van der Waals surface area (Å²) in [4.78, 5) is 30.8. The van der Waals surface area contributed by atoms with Crippen molar-refractivity contribution in [2.45, 2.75) is 12.8 Å². The zero-order valence-corrected chi connectivity index (χ0v) is 13.7. The summed E-state index contributed by atoms with van der Waals surface area (Å²) < 4.78 is 1.64. The Morgan fingerprint density at radius 3 is 2.92 bits per heavy atom. The number of piperidine rings is 1. The Morgan fingerprint density at radius 2 is 2.21 bits per heavy atom. The predicted molar refractivity (Wildman–Crippen MR) is 89.6 cm³/mol. The van der Waals surface area contributed by atoms with Gasteiger partial charge in [0.2, 0.25) is 5.91 Å². The summed E-state index contributed by atoms with van der Waals surface area (Å²) in [5.74, 6) is 0.391. The van der Waals surface area contributed by atoms with Crippen LogP contribution in [0.3, 0.4) is 0 Å². The Kier molecular flexibility index (Phi) is 5.00. The van der Waals surface area contributed by atoms with Crippen molar-refractivity contribution < 1.29 is 9.59 Å². The summed E-state index contributed by atoms with van der Waals surface area (Å²) >= 11 is 0. The maximum Gasteiger partial charge on any atom is 0.239 e. The van der Waals surface area contributed by atoms with Gasteiger partial charge in [-0.1, -0.05) is 6.07 Å². The van der Waals surface area contributed by atoms with Crippen LogP contribution in [0.15, 0.2) is 36.7 Å². The lowest BCUT2D eigenvalue weighted by Gasteiger charge is -2.31. The smallest absolute Gasteiger partial charge is 0.239 e. The number of hydrogen-bond acceptors (Lipinski definition) is 5. The average Bonchev–Trinajstić information content (AvgIpc) is 3.00. The quantitative estimate of drug-likeness (QED) is 0.839. The van der Waals surface area contributed by atoms with E-state index in [4.69, 9.17) is 0 Å². The van der Waals surface area contributed by atoms with Gasteiger partial charge in [-0.05, 0) is 31.5 Å². The molecule has 0 unspecified atom stereocenters. The molecule has 0 spiro atoms. The van der Waals surface area contributed by atoms with Gasteiger partial charge in [0.1, 0.15) is 5.69 Å². The van der Waals surface area contributed by atoms with Crippen LogP contribution < -0.4 is 5.32 Å². The molecular formula is C17H21N5O2. The molecule has 2 aromatic rings. The van der Waals surface area contributed by atoms with E-state index in [9.17, 15) is 9.59 Å². The van der Waals surface area contributed by atoms with Crippen LogP contribution in [0, 0.1) is 5.92 Å². The topological polar surface area (TPSA) is 80.1 Å². The van der Waals surface area contributed by atoms with E-state index in [1.165, 1.54) is 0 Å². The second-order valence-electron chi connectivity index (χ2n) is 6.08. The van der Waals surface area contributed by atoms with Crippen molar-refractivity contribution in [3.8, 4) is 0 Å². The van der Waals surface area contributed by atoms with Crippen LogP contribution >= 0.6 is 0 Å². The number of carbonyl (C=O) groups is 2. The third kappa shape index (κ3) is 4.05. The van der Waals surface area contributed by atoms with E-state index in [1.807, 2.05) is 11.0 Å². The molecule has 1 aliphatic rings. The summed E-state index contributed by atoms with van der Waals surface area (Å²) in [5.41, 5.74) is 0.502. The zero-order valence-electron chi connectivity index (χ0n) is 13.7. The molecule has 0 aromatic carbocycles. The highest BCUT2D eigenvalue weighted by Gasteiger charge is 2.28. The Morgan fingerprint density at radius 1 is 1.33 bits per heavy atom. The Bertz CT molecular complexity index is 713. The number of nitrogens with zero attached hydrogens (tertiary/aromatic N) is 4. The van der Waals surface area contributed by atoms with E-state index < -0.39 is 0 Å². The zero-order chi connectivity index (χ0) is 16.9. The number of aromatic nitrogens is 3. The molecule has 1 saturated heterocycles. The van der Waals surface area contributed by atoms with Crippen LogP contribution in [0.2, 0.25) is 0 Å². The molecule has 1 aliphatic heterocycles. The lowest BCUT2D eigenvalue weighted by atomic mass is 9.92. The standard InChI is InChI=1S/C17H21N5O2/c1-21-10-7-15(20-21)19-16(23)12-22-9-4-5-13(11-22)17(24)14-6-2-3-8-18-14/h2-3,6-8,10,13H,4-5,9,11-12H2,1H3,(H,19,20,23)/t13-/m0/s1. The van der Waals surface area contributed by atoms with Gasteiger partial charge in [-0.3, -0.25) is 24.2 Å². The minimum Gasteiger partial charge on any atom is -0.308 e. The van der Waals surface area contributed by atoms with E-state index in [0.29, 0.717) is 18.1 Å². The Balaban J connectivity index is 1.55. The van der Waals surface area contributed by atoms with E-state index in [2.05, 4.69) is 15.4 Å². The monoisotopic (exact) mass is 327 g/mol. The fourth-order valence-electron chi connectivity index (χ4n) is 3.00. The largest absolute Gasteiger partial charge is 0.308 e. The maximum absolute atomic E-state index is 12.5. The Hall–Kier alpha value is -2.54. The molecule has 0 aliphatic carbocycles. The molecule has 1 fully saturated rings. The minimum atomic E-state index is -0.111. The summed E-state index contributed by atoms with van der Waals surface area (Å²) in [7, 11) is 1.80. The van der Waals surface area contributed by atoms with Gasteiger partial charge in [0.15, 0.2) is 11.6 Å². The van der Waals surface area contributed by atoms with Gasteiger partial charge in [-0.25, -0.2) is 0 Å². The third-order valence-corrected chi connectivity index (χ3v) is 4.14. The number of hydrogen-bond donors (Lipinski definition) is 1. The van der Waals surface area contributed by atoms with Crippen molar-refractivity contribution in [1.82, 2.24) is 19.7 Å². The first-order valence-corrected chi connectivity index (χ1v) is 8.09. The first kappa shape index (κ1) is 16.3. The number of amides is 1. The van der Waals surface area contributed by atoms with Gasteiger partial charge in [-0.15, -0.1) is 0 Å². The third-order valence-electron chi connectivity index (χ3n) is 4.14. The summed E-state index contributed by atoms with van der Waals surface area (Å²) in [6.45, 7) is 1.68. The summed E-state index contributed by atoms with van der Waals surface area (Å²) in [5, 5.41) is 6.91. The first-order chi connectivity index (χ1) is 11.6. The fraction of sp³-hybridized carbons (Fsp3) is 0.412. The van der Waals surface area contributed by atoms with Gasteiger partial charge in [0.05, 0.1) is 6.54 Å². The van der Waals surface area contributed by atoms with Crippen molar-refractivity contribution >= 4 is 17.5 Å².